The first kappa shape index (κ1) is 18.3. The number of halogens is 1. The van der Waals surface area contributed by atoms with E-state index in [0.29, 0.717) is 13.1 Å². The molecule has 2 atom stereocenters. The van der Waals surface area contributed by atoms with E-state index in [1.165, 1.54) is 12.1 Å². The van der Waals surface area contributed by atoms with Gasteiger partial charge in [-0.25, -0.2) is 4.39 Å². The van der Waals surface area contributed by atoms with E-state index in [4.69, 9.17) is 4.74 Å². The van der Waals surface area contributed by atoms with Crippen molar-refractivity contribution >= 4 is 5.91 Å². The number of aryl methyl sites for hydroxylation is 1. The zero-order valence-corrected chi connectivity index (χ0v) is 14.8. The summed E-state index contributed by atoms with van der Waals surface area (Å²) < 4.78 is 18.8. The number of likely N-dealkylation sites (tertiary alicyclic amines) is 1. The van der Waals surface area contributed by atoms with Crippen LogP contribution in [0.3, 0.4) is 0 Å². The third-order valence-corrected chi connectivity index (χ3v) is 5.41. The van der Waals surface area contributed by atoms with E-state index in [-0.39, 0.29) is 36.6 Å². The van der Waals surface area contributed by atoms with E-state index in [0.717, 1.165) is 44.0 Å². The van der Waals surface area contributed by atoms with E-state index in [1.54, 1.807) is 6.07 Å². The highest BCUT2D eigenvalue weighted by Gasteiger charge is 2.35. The van der Waals surface area contributed by atoms with Gasteiger partial charge in [0.05, 0.1) is 19.6 Å². The van der Waals surface area contributed by atoms with Gasteiger partial charge in [-0.2, -0.15) is 0 Å². The molecular formula is C19H27FN2O3. The summed E-state index contributed by atoms with van der Waals surface area (Å²) in [5.74, 6) is 0.0888. The standard InChI is InChI=1S/C19H27FN2O3/c1-14-2-3-18(20)8-15(14)9-19(24)22-11-16(17(12-22)13-23)10-21-4-6-25-7-5-21/h2-3,8,16-17,23H,4-7,9-13H2,1H3/t16-,17-/m1/s1. The van der Waals surface area contributed by atoms with Crippen LogP contribution in [0.2, 0.25) is 0 Å². The summed E-state index contributed by atoms with van der Waals surface area (Å²) in [6.45, 7) is 7.43. The van der Waals surface area contributed by atoms with Gasteiger partial charge in [-0.3, -0.25) is 9.69 Å². The Bertz CT molecular complexity index is 604. The molecule has 1 N–H and O–H groups in total. The van der Waals surface area contributed by atoms with E-state index < -0.39 is 0 Å². The summed E-state index contributed by atoms with van der Waals surface area (Å²) in [5.41, 5.74) is 1.67. The molecule has 2 aliphatic rings. The van der Waals surface area contributed by atoms with Crippen molar-refractivity contribution < 1.29 is 19.0 Å². The molecule has 2 aliphatic heterocycles. The van der Waals surface area contributed by atoms with Crippen LogP contribution in [0, 0.1) is 24.6 Å². The molecule has 2 saturated heterocycles. The smallest absolute Gasteiger partial charge is 0.227 e. The molecule has 1 aromatic rings. The number of nitrogens with zero attached hydrogens (tertiary/aromatic N) is 2. The lowest BCUT2D eigenvalue weighted by molar-refractivity contribution is -0.129. The lowest BCUT2D eigenvalue weighted by Gasteiger charge is -2.30. The van der Waals surface area contributed by atoms with Gasteiger partial charge in [0.25, 0.3) is 0 Å². The van der Waals surface area contributed by atoms with Crippen LogP contribution in [0.5, 0.6) is 0 Å². The van der Waals surface area contributed by atoms with Crippen LogP contribution in [-0.2, 0) is 16.0 Å². The second-order valence-corrected chi connectivity index (χ2v) is 7.16. The highest BCUT2D eigenvalue weighted by molar-refractivity contribution is 5.79. The number of carbonyl (C=O) groups excluding carboxylic acids is 1. The highest BCUT2D eigenvalue weighted by Crippen LogP contribution is 2.25. The summed E-state index contributed by atoms with van der Waals surface area (Å²) in [6, 6.07) is 4.57. The van der Waals surface area contributed by atoms with Crippen molar-refractivity contribution in [1.29, 1.82) is 0 Å². The van der Waals surface area contributed by atoms with Gasteiger partial charge in [-0.05, 0) is 36.1 Å². The molecule has 5 nitrogen and oxygen atoms in total. The van der Waals surface area contributed by atoms with Gasteiger partial charge in [-0.15, -0.1) is 0 Å². The molecule has 0 bridgehead atoms. The molecule has 1 aromatic carbocycles. The fourth-order valence-corrected chi connectivity index (χ4v) is 3.78. The highest BCUT2D eigenvalue weighted by atomic mass is 19.1. The van der Waals surface area contributed by atoms with Crippen LogP contribution in [0.4, 0.5) is 4.39 Å². The molecule has 2 fully saturated rings. The first-order valence-electron chi connectivity index (χ1n) is 9.00. The molecule has 2 heterocycles. The predicted octanol–water partition coefficient (Wildman–Crippen LogP) is 1.08. The van der Waals surface area contributed by atoms with Crippen molar-refractivity contribution in [3.05, 3.63) is 35.1 Å². The number of hydrogen-bond donors (Lipinski definition) is 1. The summed E-state index contributed by atoms with van der Waals surface area (Å²) in [5, 5.41) is 9.70. The number of aliphatic hydroxyl groups is 1. The number of morpholine rings is 1. The Morgan fingerprint density at radius 2 is 2.00 bits per heavy atom. The third kappa shape index (κ3) is 4.57. The SMILES string of the molecule is Cc1ccc(F)cc1CC(=O)N1C[C@@H](CN2CCOCC2)[C@@H](CO)C1. The molecule has 0 aliphatic carbocycles. The molecule has 0 unspecified atom stereocenters. The zero-order valence-electron chi connectivity index (χ0n) is 14.8. The molecule has 1 amide bonds. The minimum absolute atomic E-state index is 0.0108. The van der Waals surface area contributed by atoms with Gasteiger partial charge in [0.15, 0.2) is 0 Å². The second kappa shape index (κ2) is 8.25. The Morgan fingerprint density at radius 1 is 1.28 bits per heavy atom. The van der Waals surface area contributed by atoms with Crippen molar-refractivity contribution in [1.82, 2.24) is 9.80 Å². The maximum Gasteiger partial charge on any atom is 0.227 e. The normalized spacial score (nSPS) is 24.7. The van der Waals surface area contributed by atoms with Gasteiger partial charge < -0.3 is 14.7 Å². The zero-order chi connectivity index (χ0) is 17.8. The molecule has 0 saturated carbocycles. The van der Waals surface area contributed by atoms with Gasteiger partial charge >= 0.3 is 0 Å². The van der Waals surface area contributed by atoms with Crippen molar-refractivity contribution in [3.63, 3.8) is 0 Å². The Labute approximate surface area is 148 Å². The quantitative estimate of drug-likeness (QED) is 0.863. The fourth-order valence-electron chi connectivity index (χ4n) is 3.78. The molecule has 138 valence electrons. The number of ether oxygens (including phenoxy) is 1. The van der Waals surface area contributed by atoms with Crippen LogP contribution in [0.1, 0.15) is 11.1 Å². The lowest BCUT2D eigenvalue weighted by atomic mass is 9.96. The average Bonchev–Trinajstić information content (AvgIpc) is 3.02. The largest absolute Gasteiger partial charge is 0.396 e. The Balaban J connectivity index is 1.60. The molecule has 0 radical (unpaired) electrons. The van der Waals surface area contributed by atoms with Crippen molar-refractivity contribution in [3.8, 4) is 0 Å². The Morgan fingerprint density at radius 3 is 2.72 bits per heavy atom. The minimum Gasteiger partial charge on any atom is -0.396 e. The third-order valence-electron chi connectivity index (χ3n) is 5.41. The van der Waals surface area contributed by atoms with E-state index in [1.807, 2.05) is 11.8 Å². The number of amides is 1. The van der Waals surface area contributed by atoms with Crippen LogP contribution in [-0.4, -0.2) is 73.4 Å². The fraction of sp³-hybridized carbons (Fsp3) is 0.632. The number of hydrogen-bond acceptors (Lipinski definition) is 4. The van der Waals surface area contributed by atoms with Crippen molar-refractivity contribution in [2.24, 2.45) is 11.8 Å². The van der Waals surface area contributed by atoms with Crippen LogP contribution < -0.4 is 0 Å². The molecule has 0 spiro atoms. The maximum atomic E-state index is 13.4. The Hall–Kier alpha value is -1.50. The first-order chi connectivity index (χ1) is 12.1. The van der Waals surface area contributed by atoms with Crippen molar-refractivity contribution in [2.75, 3.05) is 52.5 Å². The monoisotopic (exact) mass is 350 g/mol. The summed E-state index contributed by atoms with van der Waals surface area (Å²) in [7, 11) is 0. The minimum atomic E-state index is -0.312. The molecule has 25 heavy (non-hydrogen) atoms. The van der Waals surface area contributed by atoms with Gasteiger partial charge in [0, 0.05) is 45.2 Å². The molecule has 6 heteroatoms. The first-order valence-corrected chi connectivity index (χ1v) is 9.00. The lowest BCUT2D eigenvalue weighted by Crippen LogP contribution is -2.41. The number of benzene rings is 1. The average molecular weight is 350 g/mol. The number of aliphatic hydroxyl groups excluding tert-OH is 1. The van der Waals surface area contributed by atoms with E-state index >= 15 is 0 Å². The Kier molecular flexibility index (Phi) is 6.04. The topological polar surface area (TPSA) is 53.0 Å². The van der Waals surface area contributed by atoms with Crippen LogP contribution >= 0.6 is 0 Å². The van der Waals surface area contributed by atoms with Crippen LogP contribution in [0.25, 0.3) is 0 Å². The second-order valence-electron chi connectivity index (χ2n) is 7.16. The van der Waals surface area contributed by atoms with E-state index in [9.17, 15) is 14.3 Å². The maximum absolute atomic E-state index is 13.4. The molecule has 3 rings (SSSR count). The van der Waals surface area contributed by atoms with Gasteiger partial charge in [0.2, 0.25) is 5.91 Å². The predicted molar refractivity (Wildman–Crippen MR) is 92.7 cm³/mol. The van der Waals surface area contributed by atoms with Crippen molar-refractivity contribution in [2.45, 2.75) is 13.3 Å². The van der Waals surface area contributed by atoms with Gasteiger partial charge in [0.1, 0.15) is 5.82 Å². The number of carbonyl (C=O) groups is 1. The summed E-state index contributed by atoms with van der Waals surface area (Å²) >= 11 is 0. The molecular weight excluding hydrogens is 323 g/mol. The van der Waals surface area contributed by atoms with E-state index in [2.05, 4.69) is 4.90 Å². The summed E-state index contributed by atoms with van der Waals surface area (Å²) in [6.07, 6.45) is 0.214. The molecule has 0 aromatic heterocycles. The van der Waals surface area contributed by atoms with Crippen LogP contribution in [0.15, 0.2) is 18.2 Å². The van der Waals surface area contributed by atoms with Gasteiger partial charge in [-0.1, -0.05) is 6.07 Å². The number of rotatable bonds is 5. The summed E-state index contributed by atoms with van der Waals surface area (Å²) in [4.78, 5) is 16.8.